The summed E-state index contributed by atoms with van der Waals surface area (Å²) in [5.74, 6) is -0.646. The molecule has 0 radical (unpaired) electrons. The fourth-order valence-corrected chi connectivity index (χ4v) is 18.1. The van der Waals surface area contributed by atoms with E-state index in [0.717, 1.165) is 18.4 Å². The summed E-state index contributed by atoms with van der Waals surface area (Å²) in [6.07, 6.45) is -31.2. The van der Waals surface area contributed by atoms with Crippen LogP contribution in [0.15, 0.2) is 11.6 Å². The Bertz CT molecular complexity index is 2680. The zero-order valence-corrected chi connectivity index (χ0v) is 56.4. The number of allylic oxidation sites excluding steroid dienone is 2. The van der Waals surface area contributed by atoms with E-state index in [4.69, 9.17) is 65.8 Å². The Kier molecular flexibility index (Phi) is 22.9. The van der Waals surface area contributed by atoms with Gasteiger partial charge in [-0.25, -0.2) is 8.42 Å². The molecule has 29 nitrogen and oxygen atoms in total. The molecule has 31 heteroatoms. The third kappa shape index (κ3) is 13.6. The van der Waals surface area contributed by atoms with Gasteiger partial charge in [0.15, 0.2) is 31.5 Å². The van der Waals surface area contributed by atoms with Crippen LogP contribution in [0.25, 0.3) is 0 Å². The number of fused-ring (bicyclic) bond motifs is 4. The van der Waals surface area contributed by atoms with E-state index in [9.17, 15) is 73.6 Å². The number of hydrogen-bond acceptors (Lipinski definition) is 29. The van der Waals surface area contributed by atoms with Crippen LogP contribution in [0.2, 0.25) is 0 Å². The van der Waals surface area contributed by atoms with E-state index < -0.39 is 212 Å². The summed E-state index contributed by atoms with van der Waals surface area (Å²) in [5, 5.41) is 111. The van der Waals surface area contributed by atoms with Gasteiger partial charge in [-0.05, 0) is 93.8 Å². The average Bonchev–Trinajstić information content (AvgIpc) is 1.53. The molecule has 3 unspecified atom stereocenters. The average molecular weight is 1340 g/mol. The van der Waals surface area contributed by atoms with Crippen LogP contribution in [0, 0.1) is 45.3 Å². The van der Waals surface area contributed by atoms with Crippen molar-refractivity contribution in [3.8, 4) is 0 Å². The smallest absolute Gasteiger partial charge is 0.726 e. The predicted molar refractivity (Wildman–Crippen MR) is 301 cm³/mol. The Labute approximate surface area is 552 Å². The van der Waals surface area contributed by atoms with Gasteiger partial charge in [-0.3, -0.25) is 13.8 Å². The normalized spacial score (nSPS) is 49.7. The molecule has 91 heavy (non-hydrogen) atoms. The molecule has 0 amide bonds. The van der Waals surface area contributed by atoms with Crippen molar-refractivity contribution in [2.75, 3.05) is 33.5 Å². The van der Waals surface area contributed by atoms with Gasteiger partial charge >= 0.3 is 41.5 Å². The van der Waals surface area contributed by atoms with Crippen LogP contribution in [0.3, 0.4) is 0 Å². The second kappa shape index (κ2) is 28.1. The largest absolute Gasteiger partial charge is 1.00 e. The summed E-state index contributed by atoms with van der Waals surface area (Å²) in [6.45, 7) is 15.1. The van der Waals surface area contributed by atoms with Crippen molar-refractivity contribution in [3.05, 3.63) is 11.6 Å². The molecule has 0 aromatic heterocycles. The third-order valence-electron chi connectivity index (χ3n) is 22.1. The number of hydrogen-bond donors (Lipinski definition) is 10. The summed E-state index contributed by atoms with van der Waals surface area (Å²) in [5.41, 5.74) is -2.39. The molecule has 516 valence electrons. The van der Waals surface area contributed by atoms with Crippen molar-refractivity contribution >= 4 is 22.3 Å². The van der Waals surface area contributed by atoms with E-state index in [0.29, 0.717) is 50.9 Å². The van der Waals surface area contributed by atoms with Gasteiger partial charge in [0.2, 0.25) is 10.4 Å². The monoisotopic (exact) mass is 1330 g/mol. The van der Waals surface area contributed by atoms with E-state index in [1.54, 1.807) is 0 Å². The molecule has 6 aliphatic heterocycles. The van der Waals surface area contributed by atoms with Gasteiger partial charge in [0, 0.05) is 19.4 Å². The Hall–Kier alpha value is -1.29. The summed E-state index contributed by atoms with van der Waals surface area (Å²) in [7, 11) is -4.32. The Morgan fingerprint density at radius 2 is 1.33 bits per heavy atom. The van der Waals surface area contributed by atoms with Crippen LogP contribution in [-0.4, -0.2) is 263 Å². The number of ether oxygens (including phenoxy) is 13. The first-order chi connectivity index (χ1) is 42.2. The topological polar surface area (TPSA) is 423 Å². The van der Waals surface area contributed by atoms with Crippen LogP contribution in [0.1, 0.15) is 120 Å². The maximum Gasteiger partial charge on any atom is 1.00 e. The summed E-state index contributed by atoms with van der Waals surface area (Å²) < 4.78 is 120. The molecule has 6 heterocycles. The van der Waals surface area contributed by atoms with E-state index in [1.165, 1.54) is 21.0 Å². The van der Waals surface area contributed by atoms with E-state index in [1.807, 2.05) is 6.92 Å². The minimum atomic E-state index is -5.51. The van der Waals surface area contributed by atoms with Crippen molar-refractivity contribution in [3.63, 3.8) is 0 Å². The Morgan fingerprint density at radius 3 is 1.98 bits per heavy atom. The first kappa shape index (κ1) is 73.9. The number of rotatable bonds is 19. The van der Waals surface area contributed by atoms with Crippen LogP contribution >= 0.6 is 0 Å². The second-order valence-corrected chi connectivity index (χ2v) is 29.4. The standard InChI is InChI=1S/C60H96O29S.Na/c1-25(2)12-11-17-59(9)49-32(81-27(4)62)20-58(8)29-13-14-35-56(5,6)36(16-18-57(35,7)28(29)15-19-60(49,58)55(72)88-59)83-53-47(39(67)34(24-79-53)89-90(73,74)75)87-54-48(86-50-40(68)37(65)30(63)22-77-50)41(69)44(26(3)80-54)84-51-42(70)45(31(64)23-78-51)85-52-43(71)46(76-10)38(66)33(21-61)82-52;/h13,25-26,28,30-54,61,63-71H,11-12,14-24H2,1-10H3,(H,73,74,75);/q;+1/p-1/t26-,28?,30-,31-,32-,33-,34+,35-,36-,37+,38-,39-,40-,41+,42-,43-,44-,45+,46?,47+,48-,49+,50+,51+,52+,53-,54+,57+,58-,59-,60?;/m0./s1. The molecule has 1 spiro atoms. The predicted octanol–water partition coefficient (Wildman–Crippen LogP) is -4.18. The zero-order valence-electron chi connectivity index (χ0n) is 53.6. The van der Waals surface area contributed by atoms with E-state index >= 15 is 0 Å². The van der Waals surface area contributed by atoms with Crippen LogP contribution < -0.4 is 29.6 Å². The minimum Gasteiger partial charge on any atom is -0.726 e. The number of cyclic esters (lactones) is 1. The number of aliphatic hydroxyl groups excluding tert-OH is 10. The van der Waals surface area contributed by atoms with E-state index in [2.05, 4.69) is 47.6 Å². The summed E-state index contributed by atoms with van der Waals surface area (Å²) in [6, 6.07) is 0. The van der Waals surface area contributed by atoms with E-state index in [-0.39, 0.29) is 58.7 Å². The molecule has 6 saturated heterocycles. The van der Waals surface area contributed by atoms with Gasteiger partial charge < -0.3 is 117 Å². The molecule has 0 aromatic carbocycles. The minimum absolute atomic E-state index is 0. The van der Waals surface area contributed by atoms with Crippen molar-refractivity contribution in [1.29, 1.82) is 0 Å². The van der Waals surface area contributed by atoms with Crippen molar-refractivity contribution in [2.45, 2.75) is 273 Å². The zero-order chi connectivity index (χ0) is 65.7. The molecule has 9 fully saturated rings. The molecule has 10 rings (SSSR count). The Morgan fingerprint density at radius 1 is 0.714 bits per heavy atom. The fraction of sp³-hybridized carbons (Fsp3) is 0.933. The molecule has 4 aliphatic carbocycles. The summed E-state index contributed by atoms with van der Waals surface area (Å²) in [4.78, 5) is 27.6. The first-order valence-electron chi connectivity index (χ1n) is 31.6. The van der Waals surface area contributed by atoms with Gasteiger partial charge in [-0.2, -0.15) is 0 Å². The van der Waals surface area contributed by atoms with Crippen LogP contribution in [0.4, 0.5) is 0 Å². The summed E-state index contributed by atoms with van der Waals surface area (Å²) >= 11 is 0. The third-order valence-corrected chi connectivity index (χ3v) is 22.6. The van der Waals surface area contributed by atoms with Gasteiger partial charge in [0.05, 0.1) is 50.0 Å². The fourth-order valence-electron chi connectivity index (χ4n) is 17.7. The Balaban J connectivity index is 0.00000980. The molecule has 0 bridgehead atoms. The van der Waals surface area contributed by atoms with Crippen molar-refractivity contribution in [1.82, 2.24) is 0 Å². The number of methoxy groups -OCH3 is 1. The SMILES string of the molecule is COC1[C@@H](O)[C@H](CO)O[C@H](O[C@H]2[C@H](O)[C@@H](O[C@@H]3[C@@H](O)[C@H](O[C@H]4OC[C@H](O)[C@@H](O)[C@@H]4O)[C@@H](O[C@H]4[C@H](O[C@H]5CC[C@]6(C)C7CCC89C(=O)O[C@@](C)(CCCC(C)C)[C@H]8[C@@H](OC(C)=O)C[C@@]9(C)C7=CC[C@H]6C5(C)C)OC[C@@H](OS(=O)(=O)[O-])[C@@H]4O)O[C@H]3C)OC[C@@H]2O)[C@H]1O.[Na+]. The molecule has 10 aliphatic rings. The van der Waals surface area contributed by atoms with Gasteiger partial charge in [-0.15, -0.1) is 0 Å². The number of esters is 2. The number of carbonyl (C=O) groups is 2. The van der Waals surface area contributed by atoms with Crippen LogP contribution in [0.5, 0.6) is 0 Å². The first-order valence-corrected chi connectivity index (χ1v) is 32.9. The van der Waals surface area contributed by atoms with Crippen molar-refractivity contribution in [2.24, 2.45) is 45.3 Å². The molecule has 10 N–H and O–H groups in total. The van der Waals surface area contributed by atoms with Gasteiger partial charge in [-0.1, -0.05) is 59.6 Å². The molecule has 0 aromatic rings. The van der Waals surface area contributed by atoms with Crippen LogP contribution in [-0.2, 0) is 85.8 Å². The maximum atomic E-state index is 14.8. The van der Waals surface area contributed by atoms with Gasteiger partial charge in [0.25, 0.3) is 0 Å². The maximum absolute atomic E-state index is 14.8. The molecular formula is C60H95NaO29S. The quantitative estimate of drug-likeness (QED) is 0.0193. The van der Waals surface area contributed by atoms with Crippen molar-refractivity contribution < 1.29 is 169 Å². The number of aliphatic hydroxyl groups is 10. The second-order valence-electron chi connectivity index (χ2n) is 28.4. The van der Waals surface area contributed by atoms with Gasteiger partial charge in [0.1, 0.15) is 109 Å². The number of carbonyl (C=O) groups excluding carboxylic acids is 2. The molecule has 3 saturated carbocycles. The molecule has 31 atom stereocenters. The molecular weight excluding hydrogens is 1240 g/mol.